The van der Waals surface area contributed by atoms with Gasteiger partial charge >= 0.3 is 0 Å². The van der Waals surface area contributed by atoms with E-state index in [4.69, 9.17) is 4.74 Å². The van der Waals surface area contributed by atoms with Crippen molar-refractivity contribution in [1.82, 2.24) is 15.1 Å². The van der Waals surface area contributed by atoms with E-state index in [9.17, 15) is 0 Å². The van der Waals surface area contributed by atoms with Crippen LogP contribution < -0.4 is 5.32 Å². The van der Waals surface area contributed by atoms with Crippen molar-refractivity contribution in [2.24, 2.45) is 0 Å². The third kappa shape index (κ3) is 4.91. The van der Waals surface area contributed by atoms with Crippen LogP contribution in [-0.4, -0.2) is 29.0 Å². The Morgan fingerprint density at radius 3 is 2.45 bits per heavy atom. The fourth-order valence-electron chi connectivity index (χ4n) is 2.61. The van der Waals surface area contributed by atoms with E-state index in [1.165, 1.54) is 11.3 Å². The molecule has 20 heavy (non-hydrogen) atoms. The molecule has 116 valence electrons. The van der Waals surface area contributed by atoms with Crippen LogP contribution in [0.4, 0.5) is 0 Å². The highest BCUT2D eigenvalue weighted by Crippen LogP contribution is 2.21. The second kappa shape index (κ2) is 8.42. The van der Waals surface area contributed by atoms with Gasteiger partial charge in [0.15, 0.2) is 0 Å². The van der Waals surface area contributed by atoms with Crippen molar-refractivity contribution in [1.29, 1.82) is 0 Å². The summed E-state index contributed by atoms with van der Waals surface area (Å²) in [6.07, 6.45) is 2.60. The first-order valence-corrected chi connectivity index (χ1v) is 7.86. The van der Waals surface area contributed by atoms with Crippen molar-refractivity contribution in [3.05, 3.63) is 17.0 Å². The summed E-state index contributed by atoms with van der Waals surface area (Å²) in [6.45, 7) is 15.6. The van der Waals surface area contributed by atoms with Gasteiger partial charge in [0, 0.05) is 30.5 Å². The number of unbranched alkanes of at least 4 members (excludes halogenated alkanes) is 1. The molecule has 1 unspecified atom stereocenters. The van der Waals surface area contributed by atoms with Gasteiger partial charge in [0.05, 0.1) is 11.8 Å². The summed E-state index contributed by atoms with van der Waals surface area (Å²) in [5, 5.41) is 8.18. The first kappa shape index (κ1) is 17.2. The van der Waals surface area contributed by atoms with Gasteiger partial charge in [-0.15, -0.1) is 0 Å². The molecule has 1 atom stereocenters. The number of ether oxygens (including phenoxy) is 1. The lowest BCUT2D eigenvalue weighted by Crippen LogP contribution is -2.21. The van der Waals surface area contributed by atoms with E-state index in [1.807, 2.05) is 0 Å². The third-order valence-corrected chi connectivity index (χ3v) is 3.64. The lowest BCUT2D eigenvalue weighted by Gasteiger charge is -2.15. The monoisotopic (exact) mass is 281 g/mol. The molecule has 1 N–H and O–H groups in total. The summed E-state index contributed by atoms with van der Waals surface area (Å²) in [7, 11) is 0. The fourth-order valence-corrected chi connectivity index (χ4v) is 2.61. The predicted octanol–water partition coefficient (Wildman–Crippen LogP) is 3.38. The van der Waals surface area contributed by atoms with Crippen molar-refractivity contribution in [2.45, 2.75) is 73.1 Å². The van der Waals surface area contributed by atoms with E-state index in [-0.39, 0.29) is 0 Å². The molecule has 0 aliphatic heterocycles. The highest BCUT2D eigenvalue weighted by Gasteiger charge is 2.16. The van der Waals surface area contributed by atoms with Crippen LogP contribution in [0.15, 0.2) is 0 Å². The molecule has 0 amide bonds. The van der Waals surface area contributed by atoms with Crippen LogP contribution >= 0.6 is 0 Å². The van der Waals surface area contributed by atoms with Crippen LogP contribution in [-0.2, 0) is 11.3 Å². The minimum absolute atomic E-state index is 0.340. The van der Waals surface area contributed by atoms with Gasteiger partial charge in [0.2, 0.25) is 0 Å². The summed E-state index contributed by atoms with van der Waals surface area (Å²) in [5.74, 6) is 0. The molecule has 0 spiro atoms. The Kier molecular flexibility index (Phi) is 7.24. The predicted molar refractivity (Wildman–Crippen MR) is 84.1 cm³/mol. The van der Waals surface area contributed by atoms with Crippen molar-refractivity contribution in [3.63, 3.8) is 0 Å². The van der Waals surface area contributed by atoms with Crippen LogP contribution in [0.2, 0.25) is 0 Å². The molecule has 0 aliphatic carbocycles. The molecule has 1 aromatic rings. The molecule has 1 heterocycles. The number of hydrogen-bond acceptors (Lipinski definition) is 3. The standard InChI is InChI=1S/C16H31N3O/c1-7-19-15(6)16(14(5)18-19)13(4)17-10-8-9-11-20-12(2)3/h12-13,17H,7-11H2,1-6H3. The van der Waals surface area contributed by atoms with Gasteiger partial charge < -0.3 is 10.1 Å². The first-order chi connectivity index (χ1) is 9.47. The number of nitrogens with one attached hydrogen (secondary N) is 1. The molecule has 1 aromatic heterocycles. The molecule has 0 bridgehead atoms. The number of rotatable bonds is 9. The smallest absolute Gasteiger partial charge is 0.0644 e. The molecular weight excluding hydrogens is 250 g/mol. The second-order valence-corrected chi connectivity index (χ2v) is 5.70. The summed E-state index contributed by atoms with van der Waals surface area (Å²) >= 11 is 0. The molecule has 0 aliphatic rings. The van der Waals surface area contributed by atoms with Gasteiger partial charge in [-0.25, -0.2) is 0 Å². The van der Waals surface area contributed by atoms with Crippen molar-refractivity contribution in [3.8, 4) is 0 Å². The van der Waals surface area contributed by atoms with E-state index >= 15 is 0 Å². The van der Waals surface area contributed by atoms with Crippen molar-refractivity contribution < 1.29 is 4.74 Å². The number of nitrogens with zero attached hydrogens (tertiary/aromatic N) is 2. The Bertz CT molecular complexity index is 399. The third-order valence-electron chi connectivity index (χ3n) is 3.64. The zero-order valence-electron chi connectivity index (χ0n) is 14.0. The largest absolute Gasteiger partial charge is 0.379 e. The minimum Gasteiger partial charge on any atom is -0.379 e. The van der Waals surface area contributed by atoms with Gasteiger partial charge in [-0.2, -0.15) is 5.10 Å². The number of hydrogen-bond donors (Lipinski definition) is 1. The maximum atomic E-state index is 5.55. The highest BCUT2D eigenvalue weighted by atomic mass is 16.5. The maximum Gasteiger partial charge on any atom is 0.0644 e. The summed E-state index contributed by atoms with van der Waals surface area (Å²) < 4.78 is 7.63. The Morgan fingerprint density at radius 1 is 1.20 bits per heavy atom. The number of aromatic nitrogens is 2. The van der Waals surface area contributed by atoms with Crippen LogP contribution in [0.1, 0.15) is 63.5 Å². The van der Waals surface area contributed by atoms with Crippen LogP contribution in [0, 0.1) is 13.8 Å². The molecule has 0 radical (unpaired) electrons. The van der Waals surface area contributed by atoms with E-state index in [0.717, 1.165) is 38.2 Å². The molecule has 0 saturated carbocycles. The van der Waals surface area contributed by atoms with E-state index < -0.39 is 0 Å². The lowest BCUT2D eigenvalue weighted by molar-refractivity contribution is 0.0759. The van der Waals surface area contributed by atoms with Gasteiger partial charge in [-0.3, -0.25) is 4.68 Å². The van der Waals surface area contributed by atoms with Crippen molar-refractivity contribution >= 4 is 0 Å². The minimum atomic E-state index is 0.340. The highest BCUT2D eigenvalue weighted by molar-refractivity contribution is 5.27. The van der Waals surface area contributed by atoms with Gasteiger partial charge in [-0.1, -0.05) is 0 Å². The fraction of sp³-hybridized carbons (Fsp3) is 0.812. The molecule has 0 fully saturated rings. The quantitative estimate of drug-likeness (QED) is 0.705. The maximum absolute atomic E-state index is 5.55. The Balaban J connectivity index is 2.36. The zero-order valence-corrected chi connectivity index (χ0v) is 14.0. The zero-order chi connectivity index (χ0) is 15.1. The van der Waals surface area contributed by atoms with Crippen LogP contribution in [0.25, 0.3) is 0 Å². The Morgan fingerprint density at radius 2 is 1.90 bits per heavy atom. The average Bonchev–Trinajstić information content (AvgIpc) is 2.67. The number of aryl methyl sites for hydroxylation is 2. The van der Waals surface area contributed by atoms with E-state index in [0.29, 0.717) is 12.1 Å². The average molecular weight is 281 g/mol. The van der Waals surface area contributed by atoms with Crippen LogP contribution in [0.3, 0.4) is 0 Å². The Labute approximate surface area is 123 Å². The second-order valence-electron chi connectivity index (χ2n) is 5.70. The molecule has 4 heteroatoms. The van der Waals surface area contributed by atoms with E-state index in [1.54, 1.807) is 0 Å². The lowest BCUT2D eigenvalue weighted by atomic mass is 10.1. The first-order valence-electron chi connectivity index (χ1n) is 7.86. The SMILES string of the molecule is CCn1nc(C)c(C(C)NCCCCOC(C)C)c1C. The molecule has 1 rings (SSSR count). The summed E-state index contributed by atoms with van der Waals surface area (Å²) in [6, 6.07) is 0.362. The summed E-state index contributed by atoms with van der Waals surface area (Å²) in [4.78, 5) is 0. The van der Waals surface area contributed by atoms with Gasteiger partial charge in [0.25, 0.3) is 0 Å². The van der Waals surface area contributed by atoms with Crippen LogP contribution in [0.5, 0.6) is 0 Å². The molecular formula is C16H31N3O. The van der Waals surface area contributed by atoms with Gasteiger partial charge in [-0.05, 0) is 60.9 Å². The molecule has 0 saturated heterocycles. The molecule has 4 nitrogen and oxygen atoms in total. The van der Waals surface area contributed by atoms with E-state index in [2.05, 4.69) is 56.6 Å². The summed E-state index contributed by atoms with van der Waals surface area (Å²) in [5.41, 5.74) is 3.78. The normalized spacial score (nSPS) is 13.2. The topological polar surface area (TPSA) is 39.1 Å². The Hall–Kier alpha value is -0.870. The van der Waals surface area contributed by atoms with Gasteiger partial charge in [0.1, 0.15) is 0 Å². The van der Waals surface area contributed by atoms with Crippen molar-refractivity contribution in [2.75, 3.05) is 13.2 Å². The molecule has 0 aromatic carbocycles.